The summed E-state index contributed by atoms with van der Waals surface area (Å²) in [6, 6.07) is 28.3. The minimum absolute atomic E-state index is 0.130. The van der Waals surface area contributed by atoms with Gasteiger partial charge in [0.15, 0.2) is 0 Å². The maximum Gasteiger partial charge on any atom is 0.119 e. The van der Waals surface area contributed by atoms with E-state index >= 15 is 0 Å². The summed E-state index contributed by atoms with van der Waals surface area (Å²) in [5.74, 6) is 0.825. The fourth-order valence-electron chi connectivity index (χ4n) is 3.33. The van der Waals surface area contributed by atoms with Crippen molar-refractivity contribution in [2.24, 2.45) is 5.10 Å². The molecule has 0 N–H and O–H groups in total. The first-order valence-electron chi connectivity index (χ1n) is 8.85. The molecular weight excluding hydrogens is 334 g/mol. The highest BCUT2D eigenvalue weighted by Gasteiger charge is 2.29. The zero-order chi connectivity index (χ0) is 18.6. The van der Waals surface area contributed by atoms with Crippen LogP contribution in [0.3, 0.4) is 0 Å². The van der Waals surface area contributed by atoms with E-state index in [1.807, 2.05) is 54.6 Å². The van der Waals surface area contributed by atoms with Crippen LogP contribution in [0.5, 0.6) is 5.75 Å². The SMILES string of the molecule is COc1ccc(N2N=C(c3ccc(C#N)cc3)CC2c2ccccc2)cc1. The second-order valence-electron chi connectivity index (χ2n) is 6.41. The number of benzene rings is 3. The first kappa shape index (κ1) is 16.9. The molecule has 0 saturated carbocycles. The molecule has 1 atom stereocenters. The fraction of sp³-hybridized carbons (Fsp3) is 0.130. The van der Waals surface area contributed by atoms with Gasteiger partial charge in [-0.25, -0.2) is 0 Å². The molecule has 0 spiro atoms. The lowest BCUT2D eigenvalue weighted by Crippen LogP contribution is -2.18. The molecule has 1 aliphatic heterocycles. The van der Waals surface area contributed by atoms with Crippen molar-refractivity contribution in [2.75, 3.05) is 12.1 Å². The molecule has 0 fully saturated rings. The normalized spacial score (nSPS) is 15.9. The molecule has 0 aliphatic carbocycles. The predicted octanol–water partition coefficient (Wildman–Crippen LogP) is 4.92. The van der Waals surface area contributed by atoms with Crippen molar-refractivity contribution in [1.82, 2.24) is 0 Å². The lowest BCUT2D eigenvalue weighted by Gasteiger charge is -2.24. The third-order valence-electron chi connectivity index (χ3n) is 4.78. The van der Waals surface area contributed by atoms with E-state index in [1.165, 1.54) is 5.56 Å². The molecule has 0 saturated heterocycles. The molecule has 1 heterocycles. The molecule has 4 rings (SSSR count). The Labute approximate surface area is 158 Å². The fourth-order valence-corrected chi connectivity index (χ4v) is 3.33. The van der Waals surface area contributed by atoms with Gasteiger partial charge in [0.2, 0.25) is 0 Å². The van der Waals surface area contributed by atoms with E-state index < -0.39 is 0 Å². The van der Waals surface area contributed by atoms with Gasteiger partial charge in [-0.05, 0) is 47.5 Å². The van der Waals surface area contributed by atoms with Crippen LogP contribution in [-0.2, 0) is 0 Å². The largest absolute Gasteiger partial charge is 0.497 e. The Morgan fingerprint density at radius 3 is 2.30 bits per heavy atom. The van der Waals surface area contributed by atoms with Gasteiger partial charge in [-0.15, -0.1) is 0 Å². The van der Waals surface area contributed by atoms with Crippen molar-refractivity contribution in [3.8, 4) is 11.8 Å². The lowest BCUT2D eigenvalue weighted by atomic mass is 9.98. The number of hydrogen-bond acceptors (Lipinski definition) is 4. The molecule has 1 aliphatic rings. The van der Waals surface area contributed by atoms with Gasteiger partial charge in [0, 0.05) is 6.42 Å². The summed E-state index contributed by atoms with van der Waals surface area (Å²) in [7, 11) is 1.67. The monoisotopic (exact) mass is 353 g/mol. The van der Waals surface area contributed by atoms with Crippen molar-refractivity contribution in [1.29, 1.82) is 5.26 Å². The van der Waals surface area contributed by atoms with E-state index in [4.69, 9.17) is 15.1 Å². The van der Waals surface area contributed by atoms with Crippen molar-refractivity contribution in [3.05, 3.63) is 95.6 Å². The summed E-state index contributed by atoms with van der Waals surface area (Å²) in [4.78, 5) is 0. The summed E-state index contributed by atoms with van der Waals surface area (Å²) in [5.41, 5.74) is 4.97. The van der Waals surface area contributed by atoms with Crippen molar-refractivity contribution in [2.45, 2.75) is 12.5 Å². The third kappa shape index (κ3) is 3.40. The van der Waals surface area contributed by atoms with Crippen LogP contribution in [0.2, 0.25) is 0 Å². The van der Waals surface area contributed by atoms with Crippen LogP contribution in [0.15, 0.2) is 84.0 Å². The van der Waals surface area contributed by atoms with Gasteiger partial charge >= 0.3 is 0 Å². The molecule has 4 nitrogen and oxygen atoms in total. The average Bonchev–Trinajstić information content (AvgIpc) is 3.20. The molecular formula is C23H19N3O. The highest BCUT2D eigenvalue weighted by Crippen LogP contribution is 2.37. The minimum atomic E-state index is 0.130. The van der Waals surface area contributed by atoms with Crippen molar-refractivity contribution < 1.29 is 4.74 Å². The van der Waals surface area contributed by atoms with Crippen LogP contribution >= 0.6 is 0 Å². The number of ether oxygens (including phenoxy) is 1. The summed E-state index contributed by atoms with van der Waals surface area (Å²) >= 11 is 0. The summed E-state index contributed by atoms with van der Waals surface area (Å²) in [6.45, 7) is 0. The Hall–Kier alpha value is -3.58. The number of hydrazone groups is 1. The second kappa shape index (κ2) is 7.35. The van der Waals surface area contributed by atoms with Crippen molar-refractivity contribution in [3.63, 3.8) is 0 Å². The van der Waals surface area contributed by atoms with Gasteiger partial charge in [0.05, 0.1) is 36.2 Å². The minimum Gasteiger partial charge on any atom is -0.497 e. The van der Waals surface area contributed by atoms with Crippen molar-refractivity contribution >= 4 is 11.4 Å². The van der Waals surface area contributed by atoms with Crippen LogP contribution in [0.4, 0.5) is 5.69 Å². The Morgan fingerprint density at radius 2 is 1.67 bits per heavy atom. The molecule has 27 heavy (non-hydrogen) atoms. The lowest BCUT2D eigenvalue weighted by molar-refractivity contribution is 0.415. The highest BCUT2D eigenvalue weighted by atomic mass is 16.5. The van der Waals surface area contributed by atoms with Gasteiger partial charge < -0.3 is 4.74 Å². The Morgan fingerprint density at radius 1 is 0.963 bits per heavy atom. The maximum atomic E-state index is 9.02. The van der Waals surface area contributed by atoms with Crippen LogP contribution in [0, 0.1) is 11.3 Å². The first-order chi connectivity index (χ1) is 13.3. The van der Waals surface area contributed by atoms with Crippen LogP contribution in [0.1, 0.15) is 29.2 Å². The predicted molar refractivity (Wildman–Crippen MR) is 107 cm³/mol. The zero-order valence-electron chi connectivity index (χ0n) is 15.0. The molecule has 132 valence electrons. The molecule has 3 aromatic rings. The number of rotatable bonds is 4. The van der Waals surface area contributed by atoms with Crippen LogP contribution < -0.4 is 9.75 Å². The van der Waals surface area contributed by atoms with E-state index in [1.54, 1.807) is 7.11 Å². The van der Waals surface area contributed by atoms with E-state index in [9.17, 15) is 0 Å². The van der Waals surface area contributed by atoms with E-state index in [0.717, 1.165) is 29.1 Å². The average molecular weight is 353 g/mol. The van der Waals surface area contributed by atoms with Gasteiger partial charge in [-0.3, -0.25) is 5.01 Å². The molecule has 0 bridgehead atoms. The van der Waals surface area contributed by atoms with E-state index in [2.05, 4.69) is 35.3 Å². The molecule has 3 aromatic carbocycles. The second-order valence-corrected chi connectivity index (χ2v) is 6.41. The van der Waals surface area contributed by atoms with E-state index in [-0.39, 0.29) is 6.04 Å². The molecule has 0 radical (unpaired) electrons. The van der Waals surface area contributed by atoms with Crippen LogP contribution in [-0.4, -0.2) is 12.8 Å². The molecule has 4 heteroatoms. The topological polar surface area (TPSA) is 48.6 Å². The summed E-state index contributed by atoms with van der Waals surface area (Å²) < 4.78 is 5.27. The summed E-state index contributed by atoms with van der Waals surface area (Å²) in [6.07, 6.45) is 0.807. The highest BCUT2D eigenvalue weighted by molar-refractivity contribution is 6.03. The van der Waals surface area contributed by atoms with Gasteiger partial charge in [0.25, 0.3) is 0 Å². The summed E-state index contributed by atoms with van der Waals surface area (Å²) in [5, 5.41) is 16.0. The quantitative estimate of drug-likeness (QED) is 0.669. The van der Waals surface area contributed by atoms with Gasteiger partial charge in [0.1, 0.15) is 5.75 Å². The number of methoxy groups -OCH3 is 1. The first-order valence-corrected chi connectivity index (χ1v) is 8.85. The smallest absolute Gasteiger partial charge is 0.119 e. The van der Waals surface area contributed by atoms with Gasteiger partial charge in [-0.1, -0.05) is 42.5 Å². The maximum absolute atomic E-state index is 9.02. The Balaban J connectivity index is 1.72. The molecule has 0 aromatic heterocycles. The standard InChI is InChI=1S/C23H19N3O/c1-27-21-13-11-20(12-14-21)26-23(19-5-3-2-4-6-19)15-22(25-26)18-9-7-17(16-24)8-10-18/h2-14,23H,15H2,1H3. The number of hydrogen-bond donors (Lipinski definition) is 0. The molecule has 0 amide bonds. The number of anilines is 1. The van der Waals surface area contributed by atoms with E-state index in [0.29, 0.717) is 5.56 Å². The molecule has 1 unspecified atom stereocenters. The number of nitriles is 1. The zero-order valence-corrected chi connectivity index (χ0v) is 15.0. The Kier molecular flexibility index (Phi) is 4.59. The third-order valence-corrected chi connectivity index (χ3v) is 4.78. The van der Waals surface area contributed by atoms with Crippen LogP contribution in [0.25, 0.3) is 0 Å². The Bertz CT molecular complexity index is 987. The van der Waals surface area contributed by atoms with Gasteiger partial charge in [-0.2, -0.15) is 10.4 Å². The number of nitrogens with zero attached hydrogens (tertiary/aromatic N) is 3.